The van der Waals surface area contributed by atoms with E-state index in [1.807, 2.05) is 0 Å². The molecule has 57 heavy (non-hydrogen) atoms. The van der Waals surface area contributed by atoms with E-state index in [-0.39, 0.29) is 11.2 Å². The van der Waals surface area contributed by atoms with Gasteiger partial charge >= 0.3 is 0 Å². The summed E-state index contributed by atoms with van der Waals surface area (Å²) < 4.78 is 7.74. The van der Waals surface area contributed by atoms with Gasteiger partial charge in [0.25, 0.3) is 0 Å². The zero-order chi connectivity index (χ0) is 41.6. The van der Waals surface area contributed by atoms with Crippen LogP contribution in [0.3, 0.4) is 0 Å². The lowest BCUT2D eigenvalue weighted by Gasteiger charge is -2.45. The standard InChI is InChI=1S/C56H114O/c1-7-13-17-21-23-25-27-29-31-33-35-37-39-41-43-45-49-53-55(11-5,51-47-19-15-9-3)57-56(12-6,52-48-20-16-10-4)54-50-46-44-42-40-38-36-34-32-30-28-26-24-22-18-14-8-2/h7-54H2,1-6H3. The highest BCUT2D eigenvalue weighted by Gasteiger charge is 2.39. The lowest BCUT2D eigenvalue weighted by Crippen LogP contribution is -2.44. The molecule has 2 atom stereocenters. The molecule has 0 aromatic heterocycles. The van der Waals surface area contributed by atoms with Crippen LogP contribution in [-0.4, -0.2) is 11.2 Å². The van der Waals surface area contributed by atoms with Crippen molar-refractivity contribution in [3.8, 4) is 0 Å². The van der Waals surface area contributed by atoms with E-state index in [1.54, 1.807) is 0 Å². The number of unbranched alkanes of at least 4 members (excludes halogenated alkanes) is 38. The summed E-state index contributed by atoms with van der Waals surface area (Å²) in [6.07, 6.45) is 67.8. The van der Waals surface area contributed by atoms with E-state index in [0.29, 0.717) is 0 Å². The van der Waals surface area contributed by atoms with Gasteiger partial charge in [0.15, 0.2) is 0 Å². The minimum absolute atomic E-state index is 0.0959. The molecule has 0 bridgehead atoms. The first kappa shape index (κ1) is 57.0. The maximum absolute atomic E-state index is 7.74. The van der Waals surface area contributed by atoms with Gasteiger partial charge < -0.3 is 4.74 Å². The van der Waals surface area contributed by atoms with Gasteiger partial charge in [-0.05, 0) is 38.5 Å². The fourth-order valence-corrected chi connectivity index (χ4v) is 9.86. The molecule has 0 rings (SSSR count). The van der Waals surface area contributed by atoms with Crippen LogP contribution in [0.4, 0.5) is 0 Å². The van der Waals surface area contributed by atoms with Crippen LogP contribution < -0.4 is 0 Å². The molecular formula is C56H114O. The molecule has 0 amide bonds. The molecule has 0 fully saturated rings. The highest BCUT2D eigenvalue weighted by molar-refractivity contribution is 4.89. The van der Waals surface area contributed by atoms with Gasteiger partial charge in [-0.25, -0.2) is 0 Å². The molecule has 1 nitrogen and oxygen atoms in total. The first-order chi connectivity index (χ1) is 28.1. The summed E-state index contributed by atoms with van der Waals surface area (Å²) in [6, 6.07) is 0. The normalized spacial score (nSPS) is 14.0. The third-order valence-electron chi connectivity index (χ3n) is 14.2. The molecule has 0 N–H and O–H groups in total. The molecule has 0 aliphatic rings. The summed E-state index contributed by atoms with van der Waals surface area (Å²) in [5, 5.41) is 0. The SMILES string of the molecule is CCCCCCCCCCCCCCCCCCCC(CC)(CCCCCC)OC(CC)(CCCCCC)CCCCCCCCCCCCCCCCCCC. The highest BCUT2D eigenvalue weighted by Crippen LogP contribution is 2.41. The monoisotopic (exact) mass is 803 g/mol. The van der Waals surface area contributed by atoms with Crippen molar-refractivity contribution in [2.75, 3.05) is 0 Å². The first-order valence-corrected chi connectivity index (χ1v) is 27.8. The Kier molecular flexibility index (Phi) is 45.5. The molecule has 0 radical (unpaired) electrons. The number of rotatable bonds is 50. The minimum atomic E-state index is 0.0959. The molecule has 0 heterocycles. The summed E-state index contributed by atoms with van der Waals surface area (Å²) in [4.78, 5) is 0. The average Bonchev–Trinajstić information content (AvgIpc) is 3.23. The topological polar surface area (TPSA) is 9.23 Å². The van der Waals surface area contributed by atoms with Gasteiger partial charge in [-0.15, -0.1) is 0 Å². The van der Waals surface area contributed by atoms with Crippen LogP contribution in [-0.2, 0) is 4.74 Å². The maximum atomic E-state index is 7.74. The van der Waals surface area contributed by atoms with Crippen molar-refractivity contribution in [2.24, 2.45) is 0 Å². The van der Waals surface area contributed by atoms with E-state index < -0.39 is 0 Å². The van der Waals surface area contributed by atoms with Crippen molar-refractivity contribution in [2.45, 2.75) is 361 Å². The number of hydrogen-bond acceptors (Lipinski definition) is 1. The minimum Gasteiger partial charge on any atom is -0.369 e. The Bertz CT molecular complexity index is 671. The Morgan fingerprint density at radius 3 is 0.491 bits per heavy atom. The predicted octanol–water partition coefficient (Wildman–Crippen LogP) is 21.3. The van der Waals surface area contributed by atoms with Gasteiger partial charge in [0.2, 0.25) is 0 Å². The van der Waals surface area contributed by atoms with Crippen molar-refractivity contribution < 1.29 is 4.74 Å². The fraction of sp³-hybridized carbons (Fsp3) is 1.00. The van der Waals surface area contributed by atoms with Gasteiger partial charge in [-0.1, -0.05) is 311 Å². The van der Waals surface area contributed by atoms with E-state index in [9.17, 15) is 0 Å². The Morgan fingerprint density at radius 1 is 0.193 bits per heavy atom. The molecule has 344 valence electrons. The molecular weight excluding hydrogens is 689 g/mol. The molecule has 2 unspecified atom stereocenters. The van der Waals surface area contributed by atoms with E-state index in [2.05, 4.69) is 41.5 Å². The summed E-state index contributed by atoms with van der Waals surface area (Å²) in [5.74, 6) is 0. The zero-order valence-corrected chi connectivity index (χ0v) is 41.3. The third-order valence-corrected chi connectivity index (χ3v) is 14.2. The first-order valence-electron chi connectivity index (χ1n) is 27.8. The summed E-state index contributed by atoms with van der Waals surface area (Å²) in [7, 11) is 0. The van der Waals surface area contributed by atoms with Crippen molar-refractivity contribution >= 4 is 0 Å². The van der Waals surface area contributed by atoms with E-state index in [1.165, 1.54) is 308 Å². The van der Waals surface area contributed by atoms with E-state index in [4.69, 9.17) is 4.74 Å². The number of ether oxygens (including phenoxy) is 1. The van der Waals surface area contributed by atoms with Crippen molar-refractivity contribution in [3.63, 3.8) is 0 Å². The second-order valence-corrected chi connectivity index (χ2v) is 19.6. The molecule has 0 aromatic carbocycles. The van der Waals surface area contributed by atoms with Gasteiger partial charge in [-0.2, -0.15) is 0 Å². The smallest absolute Gasteiger partial charge is 0.0687 e. The Morgan fingerprint density at radius 2 is 0.333 bits per heavy atom. The van der Waals surface area contributed by atoms with Gasteiger partial charge in [0.1, 0.15) is 0 Å². The van der Waals surface area contributed by atoms with Crippen LogP contribution in [0.25, 0.3) is 0 Å². The van der Waals surface area contributed by atoms with Crippen molar-refractivity contribution in [1.82, 2.24) is 0 Å². The van der Waals surface area contributed by atoms with Crippen LogP contribution in [0, 0.1) is 0 Å². The van der Waals surface area contributed by atoms with Gasteiger partial charge in [0, 0.05) is 0 Å². The largest absolute Gasteiger partial charge is 0.369 e. The van der Waals surface area contributed by atoms with Crippen LogP contribution >= 0.6 is 0 Å². The molecule has 0 spiro atoms. The predicted molar refractivity (Wildman–Crippen MR) is 262 cm³/mol. The lowest BCUT2D eigenvalue weighted by molar-refractivity contribution is -0.178. The molecule has 0 saturated carbocycles. The van der Waals surface area contributed by atoms with Crippen molar-refractivity contribution in [3.05, 3.63) is 0 Å². The van der Waals surface area contributed by atoms with Crippen LogP contribution in [0.1, 0.15) is 350 Å². The van der Waals surface area contributed by atoms with Crippen LogP contribution in [0.5, 0.6) is 0 Å². The van der Waals surface area contributed by atoms with E-state index >= 15 is 0 Å². The second kappa shape index (κ2) is 45.5. The summed E-state index contributed by atoms with van der Waals surface area (Å²) in [6.45, 7) is 14.3. The molecule has 1 heteroatoms. The third kappa shape index (κ3) is 37.5. The van der Waals surface area contributed by atoms with Gasteiger partial charge in [0.05, 0.1) is 11.2 Å². The van der Waals surface area contributed by atoms with Crippen LogP contribution in [0.15, 0.2) is 0 Å². The van der Waals surface area contributed by atoms with Gasteiger partial charge in [-0.3, -0.25) is 0 Å². The Balaban J connectivity index is 4.68. The van der Waals surface area contributed by atoms with E-state index in [0.717, 1.165) is 0 Å². The highest BCUT2D eigenvalue weighted by atomic mass is 16.5. The maximum Gasteiger partial charge on any atom is 0.0687 e. The molecule has 0 aliphatic heterocycles. The Labute approximate surface area is 364 Å². The average molecular weight is 804 g/mol. The number of hydrogen-bond donors (Lipinski definition) is 0. The second-order valence-electron chi connectivity index (χ2n) is 19.6. The zero-order valence-electron chi connectivity index (χ0n) is 41.3. The molecule has 0 aliphatic carbocycles. The summed E-state index contributed by atoms with van der Waals surface area (Å²) in [5.41, 5.74) is 0.192. The quantitative estimate of drug-likeness (QED) is 0.0557. The van der Waals surface area contributed by atoms with Crippen LogP contribution in [0.2, 0.25) is 0 Å². The molecule has 0 saturated heterocycles. The molecule has 0 aromatic rings. The van der Waals surface area contributed by atoms with Crippen molar-refractivity contribution in [1.29, 1.82) is 0 Å². The Hall–Kier alpha value is -0.0400. The lowest BCUT2D eigenvalue weighted by atomic mass is 9.82. The summed E-state index contributed by atoms with van der Waals surface area (Å²) >= 11 is 0. The fourth-order valence-electron chi connectivity index (χ4n) is 9.86.